The van der Waals surface area contributed by atoms with Crippen LogP contribution >= 0.6 is 0 Å². The molecule has 104 valence electrons. The van der Waals surface area contributed by atoms with Crippen molar-refractivity contribution >= 4 is 5.97 Å². The van der Waals surface area contributed by atoms with Crippen molar-refractivity contribution in [2.45, 2.75) is 25.1 Å². The van der Waals surface area contributed by atoms with E-state index in [0.29, 0.717) is 12.8 Å². The van der Waals surface area contributed by atoms with Gasteiger partial charge in [-0.1, -0.05) is 24.3 Å². The molecule has 0 amide bonds. The van der Waals surface area contributed by atoms with Crippen LogP contribution in [0.4, 0.5) is 13.2 Å². The van der Waals surface area contributed by atoms with Gasteiger partial charge in [0.05, 0.1) is 0 Å². The van der Waals surface area contributed by atoms with Gasteiger partial charge in [0.15, 0.2) is 5.92 Å². The normalized spacial score (nSPS) is 17.2. The largest absolute Gasteiger partial charge is 0.481 e. The number of nitrogens with one attached hydrogen (secondary N) is 1. The average molecular weight is 273 g/mol. The summed E-state index contributed by atoms with van der Waals surface area (Å²) in [6.45, 7) is -0.586. The van der Waals surface area contributed by atoms with Gasteiger partial charge in [0.1, 0.15) is 0 Å². The molecule has 6 heteroatoms. The smallest absolute Gasteiger partial charge is 0.403 e. The Hall–Kier alpha value is -1.56. The number of aliphatic carboxylic acids is 1. The second-order valence-electron chi connectivity index (χ2n) is 4.71. The van der Waals surface area contributed by atoms with Crippen molar-refractivity contribution in [1.82, 2.24) is 5.32 Å². The lowest BCUT2D eigenvalue weighted by molar-refractivity contribution is -0.192. The summed E-state index contributed by atoms with van der Waals surface area (Å²) in [5, 5.41) is 11.3. The predicted octanol–water partition coefficient (Wildman–Crippen LogP) is 2.01. The highest BCUT2D eigenvalue weighted by atomic mass is 19.4. The number of hydrogen-bond acceptors (Lipinski definition) is 2. The van der Waals surface area contributed by atoms with Crippen LogP contribution in [0.2, 0.25) is 0 Å². The van der Waals surface area contributed by atoms with Gasteiger partial charge in [0.2, 0.25) is 0 Å². The number of halogens is 3. The van der Waals surface area contributed by atoms with Gasteiger partial charge in [-0.3, -0.25) is 4.79 Å². The van der Waals surface area contributed by atoms with Gasteiger partial charge in [-0.25, -0.2) is 0 Å². The molecule has 0 spiro atoms. The van der Waals surface area contributed by atoms with Crippen LogP contribution < -0.4 is 5.32 Å². The van der Waals surface area contributed by atoms with Gasteiger partial charge < -0.3 is 10.4 Å². The summed E-state index contributed by atoms with van der Waals surface area (Å²) >= 11 is 0. The summed E-state index contributed by atoms with van der Waals surface area (Å²) in [6.07, 6.45) is -3.44. The Bertz CT molecular complexity index is 448. The highest BCUT2D eigenvalue weighted by Gasteiger charge is 2.45. The Morgan fingerprint density at radius 3 is 2.26 bits per heavy atom. The van der Waals surface area contributed by atoms with Crippen LogP contribution in [-0.4, -0.2) is 29.8 Å². The molecule has 1 unspecified atom stereocenters. The third-order valence-electron chi connectivity index (χ3n) is 3.35. The monoisotopic (exact) mass is 273 g/mol. The molecule has 2 N–H and O–H groups in total. The van der Waals surface area contributed by atoms with E-state index in [1.54, 1.807) is 0 Å². The van der Waals surface area contributed by atoms with Gasteiger partial charge in [0, 0.05) is 12.6 Å². The van der Waals surface area contributed by atoms with Crippen LogP contribution in [0.1, 0.15) is 11.1 Å². The van der Waals surface area contributed by atoms with Crippen LogP contribution in [0.25, 0.3) is 0 Å². The number of fused-ring (bicyclic) bond motifs is 1. The number of carboxylic acid groups (broad SMARTS) is 1. The molecule has 0 aromatic heterocycles. The van der Waals surface area contributed by atoms with E-state index in [9.17, 15) is 18.0 Å². The molecule has 0 radical (unpaired) electrons. The SMILES string of the molecule is O=C(O)C(CNC1Cc2ccccc2C1)C(F)(F)F. The van der Waals surface area contributed by atoms with E-state index in [1.165, 1.54) is 0 Å². The van der Waals surface area contributed by atoms with Crippen LogP contribution in [0.3, 0.4) is 0 Å². The summed E-state index contributed by atoms with van der Waals surface area (Å²) < 4.78 is 37.5. The molecule has 1 atom stereocenters. The van der Waals surface area contributed by atoms with Crippen LogP contribution in [-0.2, 0) is 17.6 Å². The molecular weight excluding hydrogens is 259 g/mol. The van der Waals surface area contributed by atoms with Crippen molar-refractivity contribution in [2.75, 3.05) is 6.54 Å². The van der Waals surface area contributed by atoms with E-state index in [0.717, 1.165) is 11.1 Å². The number of carbonyl (C=O) groups is 1. The van der Waals surface area contributed by atoms with E-state index >= 15 is 0 Å². The number of hydrogen-bond donors (Lipinski definition) is 2. The fourth-order valence-corrected chi connectivity index (χ4v) is 2.33. The Kier molecular flexibility index (Phi) is 3.80. The van der Waals surface area contributed by atoms with E-state index in [4.69, 9.17) is 5.11 Å². The summed E-state index contributed by atoms with van der Waals surface area (Å²) in [4.78, 5) is 10.6. The average Bonchev–Trinajstić information content (AvgIpc) is 2.69. The maximum atomic E-state index is 12.5. The van der Waals surface area contributed by atoms with E-state index < -0.39 is 24.6 Å². The molecule has 1 aromatic carbocycles. The number of carboxylic acids is 1. The van der Waals surface area contributed by atoms with E-state index in [1.807, 2.05) is 24.3 Å². The molecule has 0 fully saturated rings. The Morgan fingerprint density at radius 1 is 1.32 bits per heavy atom. The summed E-state index contributed by atoms with van der Waals surface area (Å²) in [6, 6.07) is 7.53. The Labute approximate surface area is 108 Å². The highest BCUT2D eigenvalue weighted by molar-refractivity contribution is 5.71. The van der Waals surface area contributed by atoms with Crippen LogP contribution in [0, 0.1) is 5.92 Å². The molecule has 1 aromatic rings. The number of alkyl halides is 3. The molecule has 0 bridgehead atoms. The van der Waals surface area contributed by atoms with Crippen molar-refractivity contribution in [1.29, 1.82) is 0 Å². The lowest BCUT2D eigenvalue weighted by atomic mass is 10.1. The van der Waals surface area contributed by atoms with Crippen LogP contribution in [0.15, 0.2) is 24.3 Å². The van der Waals surface area contributed by atoms with Gasteiger partial charge in [-0.15, -0.1) is 0 Å². The zero-order valence-electron chi connectivity index (χ0n) is 10.1. The van der Waals surface area contributed by atoms with E-state index in [-0.39, 0.29) is 6.04 Å². The van der Waals surface area contributed by atoms with Crippen molar-refractivity contribution < 1.29 is 23.1 Å². The van der Waals surface area contributed by atoms with Gasteiger partial charge >= 0.3 is 12.1 Å². The maximum absolute atomic E-state index is 12.5. The molecule has 2 rings (SSSR count). The second-order valence-corrected chi connectivity index (χ2v) is 4.71. The summed E-state index contributed by atoms with van der Waals surface area (Å²) in [5.74, 6) is -4.19. The molecule has 1 aliphatic carbocycles. The number of benzene rings is 1. The van der Waals surface area contributed by atoms with Gasteiger partial charge in [0.25, 0.3) is 0 Å². The fraction of sp³-hybridized carbons (Fsp3) is 0.462. The van der Waals surface area contributed by atoms with Crippen molar-refractivity contribution in [2.24, 2.45) is 5.92 Å². The molecule has 0 saturated carbocycles. The minimum atomic E-state index is -4.72. The molecule has 0 heterocycles. The lowest BCUT2D eigenvalue weighted by Crippen LogP contribution is -2.43. The minimum absolute atomic E-state index is 0.124. The first-order chi connectivity index (χ1) is 8.88. The number of rotatable bonds is 4. The first-order valence-electron chi connectivity index (χ1n) is 5.97. The van der Waals surface area contributed by atoms with Gasteiger partial charge in [-0.05, 0) is 24.0 Å². The molecular formula is C13H14F3NO2. The zero-order chi connectivity index (χ0) is 14.0. The second kappa shape index (κ2) is 5.21. The van der Waals surface area contributed by atoms with Crippen molar-refractivity contribution in [3.05, 3.63) is 35.4 Å². The minimum Gasteiger partial charge on any atom is -0.481 e. The predicted molar refractivity (Wildman–Crippen MR) is 62.8 cm³/mol. The van der Waals surface area contributed by atoms with E-state index in [2.05, 4.69) is 5.32 Å². The molecule has 19 heavy (non-hydrogen) atoms. The third kappa shape index (κ3) is 3.26. The molecule has 0 saturated heterocycles. The standard InChI is InChI=1S/C13H14F3NO2/c14-13(15,16)11(12(18)19)7-17-10-5-8-3-1-2-4-9(8)6-10/h1-4,10-11,17H,5-7H2,(H,18,19). The molecule has 1 aliphatic rings. The van der Waals surface area contributed by atoms with Crippen molar-refractivity contribution in [3.63, 3.8) is 0 Å². The summed E-state index contributed by atoms with van der Waals surface area (Å²) in [5.41, 5.74) is 2.22. The van der Waals surface area contributed by atoms with Gasteiger partial charge in [-0.2, -0.15) is 13.2 Å². The third-order valence-corrected chi connectivity index (χ3v) is 3.35. The highest BCUT2D eigenvalue weighted by Crippen LogP contribution is 2.27. The first-order valence-corrected chi connectivity index (χ1v) is 5.97. The zero-order valence-corrected chi connectivity index (χ0v) is 10.1. The topological polar surface area (TPSA) is 49.3 Å². The lowest BCUT2D eigenvalue weighted by Gasteiger charge is -2.19. The Morgan fingerprint density at radius 2 is 1.84 bits per heavy atom. The first kappa shape index (κ1) is 13.9. The molecule has 3 nitrogen and oxygen atoms in total. The van der Waals surface area contributed by atoms with Crippen LogP contribution in [0.5, 0.6) is 0 Å². The maximum Gasteiger partial charge on any atom is 0.403 e. The molecule has 0 aliphatic heterocycles. The fourth-order valence-electron chi connectivity index (χ4n) is 2.33. The van der Waals surface area contributed by atoms with Crippen molar-refractivity contribution in [3.8, 4) is 0 Å². The quantitative estimate of drug-likeness (QED) is 0.882. The Balaban J connectivity index is 1.92. The summed E-state index contributed by atoms with van der Waals surface area (Å²) in [7, 11) is 0.